The standard InChI is InChI=1S/C14H14N2O3/c1-8-13(14(18)19)9(2)16-12(15-8)7-10-5-3-4-6-11(10)17/h3-6,17H,7H2,1-2H3,(H,18,19). The zero-order chi connectivity index (χ0) is 14.0. The summed E-state index contributed by atoms with van der Waals surface area (Å²) in [6, 6.07) is 6.94. The summed E-state index contributed by atoms with van der Waals surface area (Å²) in [7, 11) is 0. The minimum atomic E-state index is -1.02. The normalized spacial score (nSPS) is 10.4. The topological polar surface area (TPSA) is 83.3 Å². The van der Waals surface area contributed by atoms with Crippen LogP contribution in [0.5, 0.6) is 5.75 Å². The van der Waals surface area contributed by atoms with E-state index in [-0.39, 0.29) is 11.3 Å². The molecule has 0 saturated heterocycles. The number of aromatic hydroxyl groups is 1. The number of rotatable bonds is 3. The lowest BCUT2D eigenvalue weighted by Crippen LogP contribution is -2.10. The number of carboxylic acid groups (broad SMARTS) is 1. The summed E-state index contributed by atoms with van der Waals surface area (Å²) in [6.45, 7) is 3.29. The average molecular weight is 258 g/mol. The Morgan fingerprint density at radius 3 is 2.26 bits per heavy atom. The smallest absolute Gasteiger partial charge is 0.339 e. The molecule has 0 aliphatic carbocycles. The molecule has 19 heavy (non-hydrogen) atoms. The van der Waals surface area contributed by atoms with Crippen LogP contribution >= 0.6 is 0 Å². The van der Waals surface area contributed by atoms with Crippen LogP contribution in [0.25, 0.3) is 0 Å². The van der Waals surface area contributed by atoms with Crippen LogP contribution in [-0.2, 0) is 6.42 Å². The number of nitrogens with zero attached hydrogens (tertiary/aromatic N) is 2. The maximum Gasteiger partial charge on any atom is 0.339 e. The summed E-state index contributed by atoms with van der Waals surface area (Å²) < 4.78 is 0. The molecule has 0 fully saturated rings. The molecule has 2 rings (SSSR count). The average Bonchev–Trinajstić information content (AvgIpc) is 2.30. The predicted octanol–water partition coefficient (Wildman–Crippen LogP) is 2.09. The number of phenolic OH excluding ortho intramolecular Hbond substituents is 1. The second kappa shape index (κ2) is 5.06. The molecule has 0 atom stereocenters. The molecular formula is C14H14N2O3. The number of carboxylic acids is 1. The van der Waals surface area contributed by atoms with E-state index in [1.165, 1.54) is 0 Å². The van der Waals surface area contributed by atoms with Crippen LogP contribution in [-0.4, -0.2) is 26.2 Å². The highest BCUT2D eigenvalue weighted by atomic mass is 16.4. The number of hydrogen-bond acceptors (Lipinski definition) is 4. The Bertz CT molecular complexity index is 615. The summed E-state index contributed by atoms with van der Waals surface area (Å²) >= 11 is 0. The first kappa shape index (κ1) is 13.0. The largest absolute Gasteiger partial charge is 0.508 e. The van der Waals surface area contributed by atoms with Crippen molar-refractivity contribution < 1.29 is 15.0 Å². The summed E-state index contributed by atoms with van der Waals surface area (Å²) in [4.78, 5) is 19.4. The molecule has 1 aromatic heterocycles. The Morgan fingerprint density at radius 1 is 1.16 bits per heavy atom. The van der Waals surface area contributed by atoms with Crippen LogP contribution in [0.1, 0.15) is 33.1 Å². The first-order valence-electron chi connectivity index (χ1n) is 5.83. The molecule has 1 aromatic carbocycles. The van der Waals surface area contributed by atoms with Gasteiger partial charge in [0.15, 0.2) is 0 Å². The third-order valence-electron chi connectivity index (χ3n) is 2.87. The Labute approximate surface area is 110 Å². The lowest BCUT2D eigenvalue weighted by atomic mass is 10.1. The molecule has 0 amide bonds. The number of aromatic carboxylic acids is 1. The number of para-hydroxylation sites is 1. The number of hydrogen-bond donors (Lipinski definition) is 2. The van der Waals surface area contributed by atoms with Gasteiger partial charge in [-0.3, -0.25) is 0 Å². The van der Waals surface area contributed by atoms with E-state index in [0.29, 0.717) is 29.2 Å². The lowest BCUT2D eigenvalue weighted by molar-refractivity contribution is 0.0694. The number of phenols is 1. The molecule has 0 spiro atoms. The van der Waals surface area contributed by atoms with Crippen molar-refractivity contribution in [3.63, 3.8) is 0 Å². The zero-order valence-electron chi connectivity index (χ0n) is 10.7. The van der Waals surface area contributed by atoms with Gasteiger partial charge in [0.2, 0.25) is 0 Å². The number of aryl methyl sites for hydroxylation is 2. The third kappa shape index (κ3) is 2.70. The van der Waals surface area contributed by atoms with Gasteiger partial charge in [-0.25, -0.2) is 14.8 Å². The summed E-state index contributed by atoms with van der Waals surface area (Å²) in [5.41, 5.74) is 1.72. The Hall–Kier alpha value is -2.43. The van der Waals surface area contributed by atoms with Crippen LogP contribution in [0.15, 0.2) is 24.3 Å². The van der Waals surface area contributed by atoms with E-state index in [1.54, 1.807) is 32.0 Å². The van der Waals surface area contributed by atoms with Gasteiger partial charge in [-0.05, 0) is 19.9 Å². The highest BCUT2D eigenvalue weighted by molar-refractivity contribution is 5.89. The molecule has 0 bridgehead atoms. The molecular weight excluding hydrogens is 244 g/mol. The lowest BCUT2D eigenvalue weighted by Gasteiger charge is -2.08. The van der Waals surface area contributed by atoms with Gasteiger partial charge >= 0.3 is 5.97 Å². The van der Waals surface area contributed by atoms with Gasteiger partial charge in [0.1, 0.15) is 17.1 Å². The van der Waals surface area contributed by atoms with E-state index in [9.17, 15) is 9.90 Å². The quantitative estimate of drug-likeness (QED) is 0.880. The van der Waals surface area contributed by atoms with E-state index in [0.717, 1.165) is 0 Å². The Morgan fingerprint density at radius 2 is 1.74 bits per heavy atom. The van der Waals surface area contributed by atoms with Crippen molar-refractivity contribution >= 4 is 5.97 Å². The second-order valence-corrected chi connectivity index (χ2v) is 4.30. The van der Waals surface area contributed by atoms with E-state index >= 15 is 0 Å². The van der Waals surface area contributed by atoms with E-state index in [1.807, 2.05) is 6.07 Å². The van der Waals surface area contributed by atoms with E-state index in [4.69, 9.17) is 5.11 Å². The highest BCUT2D eigenvalue weighted by Crippen LogP contribution is 2.19. The van der Waals surface area contributed by atoms with Crippen molar-refractivity contribution in [2.75, 3.05) is 0 Å². The van der Waals surface area contributed by atoms with Crippen molar-refractivity contribution in [1.29, 1.82) is 0 Å². The first-order valence-corrected chi connectivity index (χ1v) is 5.83. The van der Waals surface area contributed by atoms with Crippen LogP contribution in [0, 0.1) is 13.8 Å². The van der Waals surface area contributed by atoms with Gasteiger partial charge in [-0.2, -0.15) is 0 Å². The molecule has 0 aliphatic heterocycles. The van der Waals surface area contributed by atoms with Crippen molar-refractivity contribution in [3.05, 3.63) is 52.6 Å². The fourth-order valence-electron chi connectivity index (χ4n) is 2.01. The molecule has 1 heterocycles. The summed E-state index contributed by atoms with van der Waals surface area (Å²) in [6.07, 6.45) is 0.369. The maximum atomic E-state index is 11.0. The fraction of sp³-hybridized carbons (Fsp3) is 0.214. The van der Waals surface area contributed by atoms with Gasteiger partial charge in [0, 0.05) is 12.0 Å². The maximum absolute atomic E-state index is 11.0. The molecule has 2 aromatic rings. The van der Waals surface area contributed by atoms with Gasteiger partial charge in [0.25, 0.3) is 0 Å². The van der Waals surface area contributed by atoms with Gasteiger partial charge in [-0.1, -0.05) is 18.2 Å². The third-order valence-corrected chi connectivity index (χ3v) is 2.87. The van der Waals surface area contributed by atoms with Crippen LogP contribution in [0.2, 0.25) is 0 Å². The molecule has 2 N–H and O–H groups in total. The van der Waals surface area contributed by atoms with Crippen LogP contribution in [0.4, 0.5) is 0 Å². The SMILES string of the molecule is Cc1nc(Cc2ccccc2O)nc(C)c1C(=O)O. The van der Waals surface area contributed by atoms with Crippen molar-refractivity contribution in [1.82, 2.24) is 9.97 Å². The van der Waals surface area contributed by atoms with Crippen LogP contribution < -0.4 is 0 Å². The molecule has 0 unspecified atom stereocenters. The summed E-state index contributed by atoms with van der Waals surface area (Å²) in [5, 5.41) is 18.8. The predicted molar refractivity (Wildman–Crippen MR) is 69.4 cm³/mol. The fourth-order valence-corrected chi connectivity index (χ4v) is 2.01. The minimum Gasteiger partial charge on any atom is -0.508 e. The minimum absolute atomic E-state index is 0.140. The Kier molecular flexibility index (Phi) is 3.46. The van der Waals surface area contributed by atoms with Crippen molar-refractivity contribution in [2.24, 2.45) is 0 Å². The van der Waals surface area contributed by atoms with Gasteiger partial charge < -0.3 is 10.2 Å². The van der Waals surface area contributed by atoms with Crippen molar-refractivity contribution in [3.8, 4) is 5.75 Å². The molecule has 0 radical (unpaired) electrons. The summed E-state index contributed by atoms with van der Waals surface area (Å²) in [5.74, 6) is -0.339. The Balaban J connectivity index is 2.38. The van der Waals surface area contributed by atoms with Gasteiger partial charge in [0.05, 0.1) is 11.4 Å². The van der Waals surface area contributed by atoms with Gasteiger partial charge in [-0.15, -0.1) is 0 Å². The molecule has 98 valence electrons. The highest BCUT2D eigenvalue weighted by Gasteiger charge is 2.15. The molecule has 5 nitrogen and oxygen atoms in total. The number of benzene rings is 1. The number of aromatic nitrogens is 2. The van der Waals surface area contributed by atoms with Crippen LogP contribution in [0.3, 0.4) is 0 Å². The second-order valence-electron chi connectivity index (χ2n) is 4.30. The molecule has 5 heteroatoms. The molecule has 0 saturated carbocycles. The van der Waals surface area contributed by atoms with Crippen molar-refractivity contribution in [2.45, 2.75) is 20.3 Å². The first-order chi connectivity index (χ1) is 8.99. The zero-order valence-corrected chi connectivity index (χ0v) is 10.7. The molecule has 0 aliphatic rings. The monoisotopic (exact) mass is 258 g/mol. The van der Waals surface area contributed by atoms with E-state index < -0.39 is 5.97 Å². The van der Waals surface area contributed by atoms with E-state index in [2.05, 4.69) is 9.97 Å². The number of carbonyl (C=O) groups is 1.